The van der Waals surface area contributed by atoms with Crippen LogP contribution < -0.4 is 10.1 Å². The van der Waals surface area contributed by atoms with E-state index < -0.39 is 0 Å². The van der Waals surface area contributed by atoms with Crippen molar-refractivity contribution in [3.8, 4) is 5.88 Å². The Balaban J connectivity index is 2.16. The minimum absolute atomic E-state index is 0.502. The number of anilines is 1. The van der Waals surface area contributed by atoms with Crippen LogP contribution in [0.25, 0.3) is 0 Å². The lowest BCUT2D eigenvalue weighted by atomic mass is 10.2. The van der Waals surface area contributed by atoms with Gasteiger partial charge in [0.05, 0.1) is 7.11 Å². The van der Waals surface area contributed by atoms with Gasteiger partial charge in [0.25, 0.3) is 0 Å². The number of halogens is 1. The third-order valence-corrected chi connectivity index (χ3v) is 3.21. The maximum atomic E-state index is 6.12. The van der Waals surface area contributed by atoms with Crippen molar-refractivity contribution >= 4 is 17.4 Å². The number of pyridine rings is 1. The zero-order valence-electron chi connectivity index (χ0n) is 11.6. The molecule has 2 aromatic heterocycles. The van der Waals surface area contributed by atoms with Gasteiger partial charge in [0.15, 0.2) is 0 Å². The second-order valence-corrected chi connectivity index (χ2v) is 4.63. The van der Waals surface area contributed by atoms with E-state index >= 15 is 0 Å². The first kappa shape index (κ1) is 14.5. The molecule has 0 amide bonds. The Morgan fingerprint density at radius 2 is 2.15 bits per heavy atom. The number of hydrogen-bond donors (Lipinski definition) is 1. The lowest BCUT2D eigenvalue weighted by Crippen LogP contribution is -2.07. The van der Waals surface area contributed by atoms with E-state index in [-0.39, 0.29) is 0 Å². The second-order valence-electron chi connectivity index (χ2n) is 4.27. The van der Waals surface area contributed by atoms with Crippen LogP contribution >= 0.6 is 11.6 Å². The summed E-state index contributed by atoms with van der Waals surface area (Å²) in [4.78, 5) is 12.4. The van der Waals surface area contributed by atoms with E-state index in [9.17, 15) is 0 Å². The Bertz CT molecular complexity index is 577. The largest absolute Gasteiger partial charge is 0.481 e. The van der Waals surface area contributed by atoms with Crippen molar-refractivity contribution in [1.29, 1.82) is 0 Å². The molecule has 0 saturated heterocycles. The molecule has 2 aromatic rings. The molecule has 0 spiro atoms. The van der Waals surface area contributed by atoms with E-state index in [0.29, 0.717) is 17.6 Å². The molecule has 0 bridgehead atoms. The Hall–Kier alpha value is -1.88. The van der Waals surface area contributed by atoms with Gasteiger partial charge in [-0.15, -0.1) is 0 Å². The first-order valence-electron chi connectivity index (χ1n) is 6.47. The van der Waals surface area contributed by atoms with Crippen LogP contribution in [-0.2, 0) is 13.0 Å². The van der Waals surface area contributed by atoms with Crippen LogP contribution in [0.5, 0.6) is 5.88 Å². The molecule has 5 nitrogen and oxygen atoms in total. The van der Waals surface area contributed by atoms with Gasteiger partial charge in [-0.3, -0.25) is 0 Å². The summed E-state index contributed by atoms with van der Waals surface area (Å²) in [7, 11) is 1.61. The first-order chi connectivity index (χ1) is 9.76. The highest BCUT2D eigenvalue weighted by atomic mass is 35.5. The van der Waals surface area contributed by atoms with Crippen molar-refractivity contribution in [2.75, 3.05) is 12.4 Å². The van der Waals surface area contributed by atoms with E-state index in [0.717, 1.165) is 29.8 Å². The quantitative estimate of drug-likeness (QED) is 0.829. The molecule has 106 valence electrons. The van der Waals surface area contributed by atoms with E-state index in [1.165, 1.54) is 6.33 Å². The van der Waals surface area contributed by atoms with Crippen LogP contribution in [-0.4, -0.2) is 22.1 Å². The van der Waals surface area contributed by atoms with Crippen molar-refractivity contribution in [2.24, 2.45) is 0 Å². The molecule has 0 radical (unpaired) electrons. The summed E-state index contributed by atoms with van der Waals surface area (Å²) in [5, 5.41) is 3.78. The Labute approximate surface area is 123 Å². The summed E-state index contributed by atoms with van der Waals surface area (Å²) in [6, 6.07) is 3.83. The van der Waals surface area contributed by atoms with Crippen LogP contribution in [0.1, 0.15) is 24.5 Å². The molecular weight excluding hydrogens is 276 g/mol. The van der Waals surface area contributed by atoms with Crippen molar-refractivity contribution < 1.29 is 4.74 Å². The molecule has 0 aliphatic heterocycles. The number of rotatable bonds is 6. The summed E-state index contributed by atoms with van der Waals surface area (Å²) >= 11 is 6.12. The van der Waals surface area contributed by atoms with Crippen LogP contribution in [0, 0.1) is 0 Å². The van der Waals surface area contributed by atoms with Gasteiger partial charge < -0.3 is 10.1 Å². The number of methoxy groups -OCH3 is 1. The summed E-state index contributed by atoms with van der Waals surface area (Å²) in [5.74, 6) is 1.37. The van der Waals surface area contributed by atoms with Crippen molar-refractivity contribution in [3.63, 3.8) is 0 Å². The molecule has 2 heterocycles. The number of aromatic nitrogens is 3. The molecule has 0 unspecified atom stereocenters. The highest BCUT2D eigenvalue weighted by molar-refractivity contribution is 6.30. The summed E-state index contributed by atoms with van der Waals surface area (Å²) in [6.45, 7) is 2.67. The van der Waals surface area contributed by atoms with E-state index in [1.807, 2.05) is 12.1 Å². The van der Waals surface area contributed by atoms with Gasteiger partial charge in [-0.05, 0) is 12.5 Å². The van der Waals surface area contributed by atoms with Gasteiger partial charge in [0, 0.05) is 23.9 Å². The maximum Gasteiger partial charge on any atom is 0.218 e. The molecule has 0 aromatic carbocycles. The third kappa shape index (κ3) is 3.36. The van der Waals surface area contributed by atoms with Crippen molar-refractivity contribution in [1.82, 2.24) is 15.0 Å². The van der Waals surface area contributed by atoms with Crippen molar-refractivity contribution in [3.05, 3.63) is 40.9 Å². The zero-order chi connectivity index (χ0) is 14.4. The average molecular weight is 293 g/mol. The molecule has 1 N–H and O–H groups in total. The molecule has 0 atom stereocenters. The van der Waals surface area contributed by atoms with Crippen molar-refractivity contribution in [2.45, 2.75) is 26.3 Å². The fourth-order valence-corrected chi connectivity index (χ4v) is 2.16. The number of nitrogens with one attached hydrogen (secondary N) is 1. The lowest BCUT2D eigenvalue weighted by molar-refractivity contribution is 0.393. The van der Waals surface area contributed by atoms with Gasteiger partial charge in [-0.1, -0.05) is 31.0 Å². The fourth-order valence-electron chi connectivity index (χ4n) is 1.94. The third-order valence-electron chi connectivity index (χ3n) is 2.88. The minimum Gasteiger partial charge on any atom is -0.481 e. The molecule has 0 aliphatic rings. The smallest absolute Gasteiger partial charge is 0.218 e. The molecule has 0 fully saturated rings. The van der Waals surface area contributed by atoms with Crippen LogP contribution in [0.4, 0.5) is 5.82 Å². The summed E-state index contributed by atoms with van der Waals surface area (Å²) in [6.07, 6.45) is 4.99. The highest BCUT2D eigenvalue weighted by Crippen LogP contribution is 2.23. The Morgan fingerprint density at radius 3 is 2.90 bits per heavy atom. The second kappa shape index (κ2) is 7.05. The van der Waals surface area contributed by atoms with E-state index in [1.54, 1.807) is 13.3 Å². The van der Waals surface area contributed by atoms with Crippen LogP contribution in [0.2, 0.25) is 5.15 Å². The lowest BCUT2D eigenvalue weighted by Gasteiger charge is -2.12. The first-order valence-corrected chi connectivity index (χ1v) is 6.85. The highest BCUT2D eigenvalue weighted by Gasteiger charge is 2.10. The molecule has 2 rings (SSSR count). The Kier molecular flexibility index (Phi) is 5.12. The number of nitrogens with zero attached hydrogens (tertiary/aromatic N) is 3. The summed E-state index contributed by atoms with van der Waals surface area (Å²) in [5.41, 5.74) is 1.91. The van der Waals surface area contributed by atoms with Crippen LogP contribution in [0.3, 0.4) is 0 Å². The monoisotopic (exact) mass is 292 g/mol. The van der Waals surface area contributed by atoms with Gasteiger partial charge in [-0.2, -0.15) is 0 Å². The SMILES string of the molecule is CCCc1c(Cl)ncnc1NCc1cccnc1OC. The number of hydrogen-bond acceptors (Lipinski definition) is 5. The van der Waals surface area contributed by atoms with Gasteiger partial charge >= 0.3 is 0 Å². The zero-order valence-corrected chi connectivity index (χ0v) is 12.3. The van der Waals surface area contributed by atoms with Gasteiger partial charge in [0.1, 0.15) is 17.3 Å². The molecule has 0 saturated carbocycles. The minimum atomic E-state index is 0.502. The van der Waals surface area contributed by atoms with E-state index in [4.69, 9.17) is 16.3 Å². The normalized spacial score (nSPS) is 10.3. The van der Waals surface area contributed by atoms with E-state index in [2.05, 4.69) is 27.2 Å². The fraction of sp³-hybridized carbons (Fsp3) is 0.357. The molecule has 0 aliphatic carbocycles. The molecule has 20 heavy (non-hydrogen) atoms. The number of ether oxygens (including phenoxy) is 1. The molecule has 6 heteroatoms. The predicted molar refractivity (Wildman–Crippen MR) is 79.2 cm³/mol. The average Bonchev–Trinajstić information content (AvgIpc) is 2.48. The maximum absolute atomic E-state index is 6.12. The summed E-state index contributed by atoms with van der Waals surface area (Å²) < 4.78 is 5.23. The Morgan fingerprint density at radius 1 is 1.30 bits per heavy atom. The van der Waals surface area contributed by atoms with Gasteiger partial charge in [-0.25, -0.2) is 15.0 Å². The predicted octanol–water partition coefficient (Wildman–Crippen LogP) is 3.10. The van der Waals surface area contributed by atoms with Gasteiger partial charge in [0.2, 0.25) is 5.88 Å². The topological polar surface area (TPSA) is 59.9 Å². The molecular formula is C14H17ClN4O. The standard InChI is InChI=1S/C14H17ClN4O/c1-3-5-11-12(15)18-9-19-13(11)17-8-10-6-4-7-16-14(10)20-2/h4,6-7,9H,3,5,8H2,1-2H3,(H,17,18,19). The van der Waals surface area contributed by atoms with Crippen LogP contribution in [0.15, 0.2) is 24.7 Å².